The quantitative estimate of drug-likeness (QED) is 0.425. The van der Waals surface area contributed by atoms with Crippen molar-refractivity contribution >= 4 is 17.6 Å². The van der Waals surface area contributed by atoms with Gasteiger partial charge in [-0.2, -0.15) is 0 Å². The third kappa shape index (κ3) is 3.71. The molecule has 0 fully saturated rings. The van der Waals surface area contributed by atoms with Crippen LogP contribution in [0.5, 0.6) is 0 Å². The third-order valence-electron chi connectivity index (χ3n) is 5.91. The van der Waals surface area contributed by atoms with E-state index in [-0.39, 0.29) is 0 Å². The van der Waals surface area contributed by atoms with Crippen molar-refractivity contribution in [3.63, 3.8) is 0 Å². The van der Waals surface area contributed by atoms with Gasteiger partial charge in [0.05, 0.1) is 5.69 Å². The first-order chi connectivity index (χ1) is 13.4. The summed E-state index contributed by atoms with van der Waals surface area (Å²) >= 11 is 1.88. The standard InChI is InChI=1S/C26H29NS/c1-17(2)25-16-27(28-23-11-9-19(4)20(5)14-23)26-12-10-22(15-24(25)26)21-8-6-7-18(3)13-21/h6-15,17,25H,16H2,1-5H3. The number of anilines is 1. The molecule has 3 aromatic rings. The zero-order chi connectivity index (χ0) is 19.8. The van der Waals surface area contributed by atoms with Crippen LogP contribution in [0.4, 0.5) is 5.69 Å². The van der Waals surface area contributed by atoms with Crippen LogP contribution in [0, 0.1) is 26.7 Å². The maximum Gasteiger partial charge on any atom is 0.0509 e. The van der Waals surface area contributed by atoms with Gasteiger partial charge in [0, 0.05) is 17.4 Å². The van der Waals surface area contributed by atoms with Crippen LogP contribution in [0.3, 0.4) is 0 Å². The molecule has 0 bridgehead atoms. The first-order valence-corrected chi connectivity index (χ1v) is 10.9. The van der Waals surface area contributed by atoms with Gasteiger partial charge in [0.2, 0.25) is 0 Å². The van der Waals surface area contributed by atoms with E-state index < -0.39 is 0 Å². The van der Waals surface area contributed by atoms with E-state index in [4.69, 9.17) is 0 Å². The molecule has 1 aliphatic heterocycles. The van der Waals surface area contributed by atoms with Crippen LogP contribution in [0.25, 0.3) is 11.1 Å². The molecule has 0 radical (unpaired) electrons. The third-order valence-corrected chi connectivity index (χ3v) is 6.94. The molecule has 28 heavy (non-hydrogen) atoms. The molecule has 144 valence electrons. The number of aryl methyl sites for hydroxylation is 3. The summed E-state index contributed by atoms with van der Waals surface area (Å²) in [5, 5.41) is 0. The number of fused-ring (bicyclic) bond motifs is 1. The molecule has 0 aromatic heterocycles. The van der Waals surface area contributed by atoms with Gasteiger partial charge in [-0.3, -0.25) is 0 Å². The van der Waals surface area contributed by atoms with Gasteiger partial charge < -0.3 is 4.31 Å². The summed E-state index contributed by atoms with van der Waals surface area (Å²) in [4.78, 5) is 1.32. The lowest BCUT2D eigenvalue weighted by molar-refractivity contribution is 0.528. The highest BCUT2D eigenvalue weighted by Crippen LogP contribution is 2.46. The average molecular weight is 388 g/mol. The van der Waals surface area contributed by atoms with Crippen LogP contribution in [-0.2, 0) is 0 Å². The number of benzene rings is 3. The molecule has 0 spiro atoms. The Morgan fingerprint density at radius 1 is 0.857 bits per heavy atom. The zero-order valence-corrected chi connectivity index (χ0v) is 18.3. The summed E-state index contributed by atoms with van der Waals surface area (Å²) in [6.45, 7) is 12.3. The fourth-order valence-corrected chi connectivity index (χ4v) is 5.13. The summed E-state index contributed by atoms with van der Waals surface area (Å²) in [7, 11) is 0. The molecule has 0 saturated carbocycles. The average Bonchev–Trinajstić information content (AvgIpc) is 3.03. The van der Waals surface area contributed by atoms with Crippen LogP contribution >= 0.6 is 11.9 Å². The van der Waals surface area contributed by atoms with Gasteiger partial charge in [0.1, 0.15) is 0 Å². The van der Waals surface area contributed by atoms with E-state index >= 15 is 0 Å². The van der Waals surface area contributed by atoms with Crippen molar-refractivity contribution in [3.8, 4) is 11.1 Å². The van der Waals surface area contributed by atoms with Crippen LogP contribution in [-0.4, -0.2) is 6.54 Å². The van der Waals surface area contributed by atoms with Gasteiger partial charge in [-0.1, -0.05) is 55.8 Å². The maximum atomic E-state index is 2.49. The monoisotopic (exact) mass is 387 g/mol. The number of hydrogen-bond acceptors (Lipinski definition) is 2. The van der Waals surface area contributed by atoms with Crippen LogP contribution in [0.2, 0.25) is 0 Å². The second-order valence-electron chi connectivity index (χ2n) is 8.39. The molecule has 1 atom stereocenters. The van der Waals surface area contributed by atoms with Crippen molar-refractivity contribution in [1.29, 1.82) is 0 Å². The molecule has 0 N–H and O–H groups in total. The molecule has 0 amide bonds. The SMILES string of the molecule is Cc1cccc(-c2ccc3c(c2)C(C(C)C)CN3Sc2ccc(C)c(C)c2)c1. The Morgan fingerprint density at radius 3 is 2.36 bits per heavy atom. The van der Waals surface area contributed by atoms with E-state index in [1.54, 1.807) is 0 Å². The van der Waals surface area contributed by atoms with Crippen molar-refractivity contribution in [2.75, 3.05) is 10.8 Å². The smallest absolute Gasteiger partial charge is 0.0509 e. The Balaban J connectivity index is 1.69. The maximum absolute atomic E-state index is 2.49. The highest BCUT2D eigenvalue weighted by molar-refractivity contribution is 8.00. The lowest BCUT2D eigenvalue weighted by Crippen LogP contribution is -2.16. The fourth-order valence-electron chi connectivity index (χ4n) is 4.01. The van der Waals surface area contributed by atoms with Gasteiger partial charge in [0.25, 0.3) is 0 Å². The van der Waals surface area contributed by atoms with Crippen LogP contribution in [0.15, 0.2) is 65.6 Å². The summed E-state index contributed by atoms with van der Waals surface area (Å²) in [5.74, 6) is 1.19. The summed E-state index contributed by atoms with van der Waals surface area (Å²) in [5.41, 5.74) is 9.53. The normalized spacial score (nSPS) is 15.9. The Labute approximate surface area is 173 Å². The minimum atomic E-state index is 0.568. The zero-order valence-electron chi connectivity index (χ0n) is 17.5. The summed E-state index contributed by atoms with van der Waals surface area (Å²) in [6.07, 6.45) is 0. The van der Waals surface area contributed by atoms with Gasteiger partial charge >= 0.3 is 0 Å². The Bertz CT molecular complexity index is 1010. The summed E-state index contributed by atoms with van der Waals surface area (Å²) in [6, 6.07) is 22.6. The molecular formula is C26H29NS. The van der Waals surface area contributed by atoms with Gasteiger partial charge in [0.15, 0.2) is 0 Å². The van der Waals surface area contributed by atoms with E-state index in [1.165, 1.54) is 44.0 Å². The van der Waals surface area contributed by atoms with Crippen molar-refractivity contribution in [2.24, 2.45) is 5.92 Å². The van der Waals surface area contributed by atoms with Gasteiger partial charge in [-0.05, 0) is 90.7 Å². The number of hydrogen-bond donors (Lipinski definition) is 0. The Hall–Kier alpha value is -2.19. The highest BCUT2D eigenvalue weighted by atomic mass is 32.2. The lowest BCUT2D eigenvalue weighted by Gasteiger charge is -2.20. The molecule has 1 unspecified atom stereocenters. The van der Waals surface area contributed by atoms with Crippen molar-refractivity contribution in [1.82, 2.24) is 0 Å². The molecule has 0 aliphatic carbocycles. The van der Waals surface area contributed by atoms with E-state index in [2.05, 4.69) is 99.6 Å². The van der Waals surface area contributed by atoms with Crippen molar-refractivity contribution in [3.05, 3.63) is 82.9 Å². The fraction of sp³-hybridized carbons (Fsp3) is 0.308. The predicted molar refractivity (Wildman–Crippen MR) is 123 cm³/mol. The molecule has 1 nitrogen and oxygen atoms in total. The second-order valence-corrected chi connectivity index (χ2v) is 9.49. The first-order valence-electron chi connectivity index (χ1n) is 10.2. The molecule has 3 aromatic carbocycles. The topological polar surface area (TPSA) is 3.24 Å². The van der Waals surface area contributed by atoms with E-state index in [0.717, 1.165) is 6.54 Å². The second kappa shape index (κ2) is 7.67. The van der Waals surface area contributed by atoms with Crippen LogP contribution in [0.1, 0.15) is 42.0 Å². The van der Waals surface area contributed by atoms with Gasteiger partial charge in [-0.25, -0.2) is 0 Å². The minimum absolute atomic E-state index is 0.568. The number of rotatable bonds is 4. The van der Waals surface area contributed by atoms with E-state index in [1.807, 2.05) is 11.9 Å². The Kier molecular flexibility index (Phi) is 5.25. The van der Waals surface area contributed by atoms with Crippen LogP contribution < -0.4 is 4.31 Å². The minimum Gasteiger partial charge on any atom is -0.311 e. The largest absolute Gasteiger partial charge is 0.311 e. The van der Waals surface area contributed by atoms with E-state index in [0.29, 0.717) is 11.8 Å². The summed E-state index contributed by atoms with van der Waals surface area (Å²) < 4.78 is 2.49. The lowest BCUT2D eigenvalue weighted by atomic mass is 9.88. The number of nitrogens with zero attached hydrogens (tertiary/aromatic N) is 1. The molecular weight excluding hydrogens is 358 g/mol. The molecule has 4 rings (SSSR count). The predicted octanol–water partition coefficient (Wildman–Crippen LogP) is 7.55. The van der Waals surface area contributed by atoms with Crippen molar-refractivity contribution in [2.45, 2.75) is 45.4 Å². The first kappa shape index (κ1) is 19.1. The Morgan fingerprint density at radius 2 is 1.64 bits per heavy atom. The highest BCUT2D eigenvalue weighted by Gasteiger charge is 2.31. The molecule has 0 saturated heterocycles. The van der Waals surface area contributed by atoms with Gasteiger partial charge in [-0.15, -0.1) is 0 Å². The molecule has 1 heterocycles. The van der Waals surface area contributed by atoms with E-state index in [9.17, 15) is 0 Å². The molecule has 2 heteroatoms. The molecule has 1 aliphatic rings. The van der Waals surface area contributed by atoms with Crippen molar-refractivity contribution < 1.29 is 0 Å².